The fourth-order valence-electron chi connectivity index (χ4n) is 6.97. The Hall–Kier alpha value is -0.610. The van der Waals surface area contributed by atoms with Crippen molar-refractivity contribution in [2.75, 3.05) is 19.7 Å². The normalized spacial score (nSPS) is 57.7. The summed E-state index contributed by atoms with van der Waals surface area (Å²) in [5, 5.41) is 0. The average molecular weight is 291 g/mol. The van der Waals surface area contributed by atoms with Crippen LogP contribution in [0.3, 0.4) is 0 Å². The summed E-state index contributed by atoms with van der Waals surface area (Å²) in [6.45, 7) is 9.82. The van der Waals surface area contributed by atoms with E-state index in [-0.39, 0.29) is 29.1 Å². The van der Waals surface area contributed by atoms with E-state index in [2.05, 4.69) is 25.7 Å². The lowest BCUT2D eigenvalue weighted by molar-refractivity contribution is -0.240. The molecule has 2 bridgehead atoms. The molecule has 21 heavy (non-hydrogen) atoms. The highest BCUT2D eigenvalue weighted by atomic mass is 16.6. The molecule has 0 unspecified atom stereocenters. The molecule has 2 saturated carbocycles. The van der Waals surface area contributed by atoms with Gasteiger partial charge >= 0.3 is 5.97 Å². The van der Waals surface area contributed by atoms with Gasteiger partial charge in [0.2, 0.25) is 0 Å². The predicted octanol–water partition coefficient (Wildman–Crippen LogP) is 1.89. The highest BCUT2D eigenvalue weighted by Gasteiger charge is 2.81. The summed E-state index contributed by atoms with van der Waals surface area (Å²) in [7, 11) is 0. The maximum absolute atomic E-state index is 12.6. The van der Waals surface area contributed by atoms with Gasteiger partial charge in [0.05, 0.1) is 12.5 Å². The third kappa shape index (κ3) is 1.12. The molecular weight excluding hydrogens is 266 g/mol. The van der Waals surface area contributed by atoms with E-state index in [1.807, 2.05) is 0 Å². The standard InChI is InChI=1S/C17H25NO3/c1-9(2)12-13-11-5-4-10-8-18-6-7-20-17(18,16(10,11)3)14(12)21-15(13)19/h9-14H,4-8H2,1-3H3/t10-,11+,12-,13-,14-,16+,17+/m1/s1. The minimum Gasteiger partial charge on any atom is -0.457 e. The van der Waals surface area contributed by atoms with Crippen LogP contribution in [-0.2, 0) is 14.3 Å². The van der Waals surface area contributed by atoms with Crippen LogP contribution < -0.4 is 0 Å². The Morgan fingerprint density at radius 1 is 1.33 bits per heavy atom. The summed E-state index contributed by atoms with van der Waals surface area (Å²) in [6, 6.07) is 0. The molecule has 3 saturated heterocycles. The molecule has 0 aromatic heterocycles. The van der Waals surface area contributed by atoms with Crippen LogP contribution in [0, 0.1) is 35.0 Å². The van der Waals surface area contributed by atoms with Crippen LogP contribution in [0.15, 0.2) is 0 Å². The molecule has 0 aromatic carbocycles. The highest BCUT2D eigenvalue weighted by molar-refractivity contribution is 5.77. The molecule has 4 heteroatoms. The van der Waals surface area contributed by atoms with Crippen molar-refractivity contribution in [3.63, 3.8) is 0 Å². The first-order valence-corrected chi connectivity index (χ1v) is 8.61. The first kappa shape index (κ1) is 12.9. The van der Waals surface area contributed by atoms with Crippen LogP contribution in [-0.4, -0.2) is 42.4 Å². The van der Waals surface area contributed by atoms with Crippen LogP contribution in [0.1, 0.15) is 33.6 Å². The Morgan fingerprint density at radius 3 is 2.90 bits per heavy atom. The third-order valence-corrected chi connectivity index (χ3v) is 7.68. The molecule has 3 aliphatic heterocycles. The van der Waals surface area contributed by atoms with Gasteiger partial charge in [0.15, 0.2) is 5.72 Å². The van der Waals surface area contributed by atoms with Gasteiger partial charge in [-0.2, -0.15) is 0 Å². The zero-order valence-corrected chi connectivity index (χ0v) is 13.2. The number of ether oxygens (including phenoxy) is 2. The minimum absolute atomic E-state index is 0.0538. The molecule has 5 fully saturated rings. The van der Waals surface area contributed by atoms with Gasteiger partial charge in [-0.25, -0.2) is 0 Å². The van der Waals surface area contributed by atoms with Crippen molar-refractivity contribution in [1.82, 2.24) is 4.90 Å². The van der Waals surface area contributed by atoms with Crippen LogP contribution in [0.4, 0.5) is 0 Å². The number of carbonyl (C=O) groups excluding carboxylic acids is 1. The largest absolute Gasteiger partial charge is 0.457 e. The zero-order chi connectivity index (χ0) is 14.6. The number of fused-ring (bicyclic) bond motifs is 3. The summed E-state index contributed by atoms with van der Waals surface area (Å²) < 4.78 is 12.4. The van der Waals surface area contributed by atoms with Crippen LogP contribution in [0.5, 0.6) is 0 Å². The van der Waals surface area contributed by atoms with Crippen molar-refractivity contribution in [1.29, 1.82) is 0 Å². The molecule has 5 rings (SSSR count). The molecule has 7 atom stereocenters. The number of hydrogen-bond acceptors (Lipinski definition) is 4. The van der Waals surface area contributed by atoms with Crippen LogP contribution in [0.25, 0.3) is 0 Å². The highest BCUT2D eigenvalue weighted by Crippen LogP contribution is 2.72. The van der Waals surface area contributed by atoms with Gasteiger partial charge in [0, 0.05) is 24.4 Å². The molecule has 2 aliphatic carbocycles. The van der Waals surface area contributed by atoms with Gasteiger partial charge in [-0.3, -0.25) is 9.69 Å². The first-order valence-electron chi connectivity index (χ1n) is 8.61. The predicted molar refractivity (Wildman–Crippen MR) is 76.3 cm³/mol. The third-order valence-electron chi connectivity index (χ3n) is 7.68. The first-order chi connectivity index (χ1) is 10.0. The van der Waals surface area contributed by atoms with E-state index in [0.717, 1.165) is 19.7 Å². The topological polar surface area (TPSA) is 38.8 Å². The second kappa shape index (κ2) is 3.65. The lowest BCUT2D eigenvalue weighted by Gasteiger charge is -2.55. The van der Waals surface area contributed by atoms with E-state index in [4.69, 9.17) is 9.47 Å². The van der Waals surface area contributed by atoms with Crippen molar-refractivity contribution in [3.8, 4) is 0 Å². The summed E-state index contributed by atoms with van der Waals surface area (Å²) >= 11 is 0. The number of esters is 1. The molecule has 5 aliphatic rings. The molecule has 1 spiro atoms. The summed E-state index contributed by atoms with van der Waals surface area (Å²) in [5.41, 5.74) is -0.215. The monoisotopic (exact) mass is 291 g/mol. The fourth-order valence-corrected chi connectivity index (χ4v) is 6.97. The molecule has 4 nitrogen and oxygen atoms in total. The van der Waals surface area contributed by atoms with Crippen molar-refractivity contribution >= 4 is 5.97 Å². The van der Waals surface area contributed by atoms with E-state index in [9.17, 15) is 4.79 Å². The maximum atomic E-state index is 12.6. The Morgan fingerprint density at radius 2 is 2.14 bits per heavy atom. The number of rotatable bonds is 1. The number of hydrogen-bond donors (Lipinski definition) is 0. The SMILES string of the molecule is CC(C)[C@@H]1[C@@H]2C(=O)O[C@H]1[C@@]13OCCN1C[C@H]1CC[C@@H]2[C@]13C. The lowest BCUT2D eigenvalue weighted by Crippen LogP contribution is -2.66. The van der Waals surface area contributed by atoms with E-state index >= 15 is 0 Å². The van der Waals surface area contributed by atoms with Crippen molar-refractivity contribution in [2.45, 2.75) is 45.4 Å². The van der Waals surface area contributed by atoms with Crippen molar-refractivity contribution < 1.29 is 14.3 Å². The van der Waals surface area contributed by atoms with Gasteiger partial charge in [-0.1, -0.05) is 20.8 Å². The fraction of sp³-hybridized carbons (Fsp3) is 0.941. The van der Waals surface area contributed by atoms with E-state index in [1.165, 1.54) is 12.8 Å². The number of nitrogens with zero attached hydrogens (tertiary/aromatic N) is 1. The second-order valence-electron chi connectivity index (χ2n) is 8.36. The molecule has 116 valence electrons. The quantitative estimate of drug-likeness (QED) is 0.692. The van der Waals surface area contributed by atoms with Gasteiger partial charge in [-0.15, -0.1) is 0 Å². The maximum Gasteiger partial charge on any atom is 0.310 e. The molecule has 0 radical (unpaired) electrons. The second-order valence-corrected chi connectivity index (χ2v) is 8.36. The van der Waals surface area contributed by atoms with E-state index in [0.29, 0.717) is 23.7 Å². The summed E-state index contributed by atoms with van der Waals surface area (Å²) in [5.74, 6) is 2.09. The smallest absolute Gasteiger partial charge is 0.310 e. The van der Waals surface area contributed by atoms with Gasteiger partial charge < -0.3 is 9.47 Å². The van der Waals surface area contributed by atoms with Gasteiger partial charge in [0.1, 0.15) is 6.10 Å². The van der Waals surface area contributed by atoms with E-state index < -0.39 is 0 Å². The molecular formula is C17H25NO3. The molecule has 0 N–H and O–H groups in total. The summed E-state index contributed by atoms with van der Waals surface area (Å²) in [6.07, 6.45) is 2.38. The van der Waals surface area contributed by atoms with Gasteiger partial charge in [0.25, 0.3) is 0 Å². The summed E-state index contributed by atoms with van der Waals surface area (Å²) in [4.78, 5) is 15.1. The van der Waals surface area contributed by atoms with Gasteiger partial charge in [-0.05, 0) is 30.6 Å². The zero-order valence-electron chi connectivity index (χ0n) is 13.2. The molecule has 3 heterocycles. The van der Waals surface area contributed by atoms with E-state index in [1.54, 1.807) is 0 Å². The van der Waals surface area contributed by atoms with Crippen molar-refractivity contribution in [3.05, 3.63) is 0 Å². The van der Waals surface area contributed by atoms with Crippen molar-refractivity contribution in [2.24, 2.45) is 35.0 Å². The minimum atomic E-state index is -0.323. The number of carbonyl (C=O) groups is 1. The Kier molecular flexibility index (Phi) is 2.24. The molecule has 0 aromatic rings. The Bertz CT molecular complexity index is 520. The average Bonchev–Trinajstić information content (AvgIpc) is 3.09. The lowest BCUT2D eigenvalue weighted by atomic mass is 9.53. The molecule has 0 amide bonds. The van der Waals surface area contributed by atoms with Crippen LogP contribution in [0.2, 0.25) is 0 Å². The Balaban J connectivity index is 1.75. The van der Waals surface area contributed by atoms with Crippen LogP contribution >= 0.6 is 0 Å². The Labute approximate surface area is 126 Å².